The molecule has 0 amide bonds. The van der Waals surface area contributed by atoms with Gasteiger partial charge in [0.2, 0.25) is 0 Å². The molecule has 0 radical (unpaired) electrons. The second-order valence-corrected chi connectivity index (χ2v) is 2.74. The third-order valence-corrected chi connectivity index (χ3v) is 1.60. The van der Waals surface area contributed by atoms with Crippen LogP contribution >= 0.6 is 0 Å². The van der Waals surface area contributed by atoms with Crippen LogP contribution in [0.1, 0.15) is 5.56 Å². The number of hydrogen-bond acceptors (Lipinski definition) is 2. The minimum Gasteiger partial charge on any atom is -0.481 e. The number of carboxylic acid groups (broad SMARTS) is 1. The molecule has 0 bridgehead atoms. The quantitative estimate of drug-likeness (QED) is 0.598. The maximum Gasteiger partial charge on any atom is 0.328 e. The maximum absolute atomic E-state index is 10.3. The molecule has 0 fully saturated rings. The van der Waals surface area contributed by atoms with Gasteiger partial charge >= 0.3 is 5.97 Å². The smallest absolute Gasteiger partial charge is 0.328 e. The number of rotatable bonds is 4. The Hall–Kier alpha value is -2.21. The summed E-state index contributed by atoms with van der Waals surface area (Å²) in [6.45, 7) is 0.200. The van der Waals surface area contributed by atoms with Crippen molar-refractivity contribution in [3.8, 4) is 18.1 Å². The fourth-order valence-electron chi connectivity index (χ4n) is 1.00. The molecule has 3 nitrogen and oxygen atoms in total. The van der Waals surface area contributed by atoms with Crippen molar-refractivity contribution in [1.29, 1.82) is 0 Å². The SMILES string of the molecule is C#CCOc1cccc(C=CC(=O)O)c1. The highest BCUT2D eigenvalue weighted by Crippen LogP contribution is 2.14. The van der Waals surface area contributed by atoms with Gasteiger partial charge in [0.05, 0.1) is 0 Å². The van der Waals surface area contributed by atoms with E-state index in [0.717, 1.165) is 11.6 Å². The Morgan fingerprint density at radius 1 is 1.60 bits per heavy atom. The Morgan fingerprint density at radius 3 is 3.07 bits per heavy atom. The van der Waals surface area contributed by atoms with Crippen molar-refractivity contribution in [3.63, 3.8) is 0 Å². The van der Waals surface area contributed by atoms with Gasteiger partial charge in [-0.05, 0) is 23.8 Å². The highest BCUT2D eigenvalue weighted by atomic mass is 16.5. The Morgan fingerprint density at radius 2 is 2.40 bits per heavy atom. The van der Waals surface area contributed by atoms with Gasteiger partial charge in [-0.1, -0.05) is 18.1 Å². The maximum atomic E-state index is 10.3. The Labute approximate surface area is 88.0 Å². The van der Waals surface area contributed by atoms with Crippen LogP contribution in [0.25, 0.3) is 6.08 Å². The number of carbonyl (C=O) groups is 1. The van der Waals surface area contributed by atoms with Gasteiger partial charge in [-0.2, -0.15) is 0 Å². The Balaban J connectivity index is 2.74. The van der Waals surface area contributed by atoms with Gasteiger partial charge in [0.25, 0.3) is 0 Å². The molecule has 0 spiro atoms. The number of terminal acetylenes is 1. The summed E-state index contributed by atoms with van der Waals surface area (Å²) in [5.74, 6) is 2.00. The molecule has 0 atom stereocenters. The normalized spacial score (nSPS) is 9.80. The molecule has 0 aromatic heterocycles. The van der Waals surface area contributed by atoms with Crippen LogP contribution in [0.5, 0.6) is 5.75 Å². The first-order valence-electron chi connectivity index (χ1n) is 4.29. The van der Waals surface area contributed by atoms with Gasteiger partial charge in [0, 0.05) is 6.08 Å². The molecule has 15 heavy (non-hydrogen) atoms. The lowest BCUT2D eigenvalue weighted by molar-refractivity contribution is -0.131. The van der Waals surface area contributed by atoms with Crippen LogP contribution in [0.2, 0.25) is 0 Å². The summed E-state index contributed by atoms with van der Waals surface area (Å²) in [5, 5.41) is 8.44. The van der Waals surface area contributed by atoms with Gasteiger partial charge in [-0.25, -0.2) is 4.79 Å². The van der Waals surface area contributed by atoms with Crippen LogP contribution in [0.15, 0.2) is 30.3 Å². The molecule has 76 valence electrons. The topological polar surface area (TPSA) is 46.5 Å². The first kappa shape index (κ1) is 10.9. The van der Waals surface area contributed by atoms with E-state index in [9.17, 15) is 4.79 Å². The van der Waals surface area contributed by atoms with Gasteiger partial charge in [-0.15, -0.1) is 6.42 Å². The second-order valence-electron chi connectivity index (χ2n) is 2.74. The van der Waals surface area contributed by atoms with E-state index in [-0.39, 0.29) is 6.61 Å². The third kappa shape index (κ3) is 4.01. The van der Waals surface area contributed by atoms with E-state index >= 15 is 0 Å². The minimum absolute atomic E-state index is 0.200. The molecule has 3 heteroatoms. The average Bonchev–Trinajstić information content (AvgIpc) is 2.24. The van der Waals surface area contributed by atoms with Gasteiger partial charge in [-0.3, -0.25) is 0 Å². The van der Waals surface area contributed by atoms with Gasteiger partial charge < -0.3 is 9.84 Å². The zero-order valence-corrected chi connectivity index (χ0v) is 8.01. The first-order chi connectivity index (χ1) is 7.22. The summed E-state index contributed by atoms with van der Waals surface area (Å²) in [4.78, 5) is 10.3. The van der Waals surface area contributed by atoms with E-state index < -0.39 is 5.97 Å². The predicted molar refractivity (Wildman–Crippen MR) is 57.4 cm³/mol. The van der Waals surface area contributed by atoms with E-state index in [1.165, 1.54) is 6.08 Å². The summed E-state index contributed by atoms with van der Waals surface area (Å²) in [5.41, 5.74) is 0.756. The zero-order valence-electron chi connectivity index (χ0n) is 8.01. The molecule has 0 aliphatic heterocycles. The van der Waals surface area contributed by atoms with Crippen LogP contribution in [0, 0.1) is 12.3 Å². The van der Waals surface area contributed by atoms with Crippen molar-refractivity contribution in [1.82, 2.24) is 0 Å². The van der Waals surface area contributed by atoms with E-state index in [1.54, 1.807) is 24.3 Å². The predicted octanol–water partition coefficient (Wildman–Crippen LogP) is 1.80. The molecule has 0 unspecified atom stereocenters. The Kier molecular flexibility index (Phi) is 3.99. The molecule has 0 saturated carbocycles. The lowest BCUT2D eigenvalue weighted by Gasteiger charge is -2.02. The molecule has 1 rings (SSSR count). The van der Waals surface area contributed by atoms with Crippen molar-refractivity contribution in [3.05, 3.63) is 35.9 Å². The van der Waals surface area contributed by atoms with E-state index in [2.05, 4.69) is 5.92 Å². The zero-order chi connectivity index (χ0) is 11.1. The number of carboxylic acids is 1. The highest BCUT2D eigenvalue weighted by molar-refractivity contribution is 5.85. The number of hydrogen-bond donors (Lipinski definition) is 1. The van der Waals surface area contributed by atoms with Crippen molar-refractivity contribution in [2.45, 2.75) is 0 Å². The second kappa shape index (κ2) is 5.51. The average molecular weight is 202 g/mol. The number of benzene rings is 1. The van der Waals surface area contributed by atoms with Gasteiger partial charge in [0.15, 0.2) is 0 Å². The third-order valence-electron chi connectivity index (χ3n) is 1.60. The lowest BCUT2D eigenvalue weighted by atomic mass is 10.2. The molecule has 1 aromatic rings. The summed E-state index contributed by atoms with van der Waals surface area (Å²) in [6.07, 6.45) is 7.61. The van der Waals surface area contributed by atoms with E-state index in [1.807, 2.05) is 0 Å². The summed E-state index contributed by atoms with van der Waals surface area (Å²) in [6, 6.07) is 7.03. The minimum atomic E-state index is -0.982. The molecule has 0 heterocycles. The van der Waals surface area contributed by atoms with Crippen molar-refractivity contribution >= 4 is 12.0 Å². The van der Waals surface area contributed by atoms with Crippen LogP contribution in [0.3, 0.4) is 0 Å². The van der Waals surface area contributed by atoms with Crippen LogP contribution in [0.4, 0.5) is 0 Å². The van der Waals surface area contributed by atoms with E-state index in [4.69, 9.17) is 16.3 Å². The van der Waals surface area contributed by atoms with E-state index in [0.29, 0.717) is 5.75 Å². The molecule has 1 aromatic carbocycles. The molecule has 0 aliphatic carbocycles. The van der Waals surface area contributed by atoms with Crippen molar-refractivity contribution < 1.29 is 14.6 Å². The molecule has 0 saturated heterocycles. The van der Waals surface area contributed by atoms with Crippen molar-refractivity contribution in [2.24, 2.45) is 0 Å². The number of aliphatic carboxylic acids is 1. The summed E-state index contributed by atoms with van der Waals surface area (Å²) in [7, 11) is 0. The monoisotopic (exact) mass is 202 g/mol. The highest BCUT2D eigenvalue weighted by Gasteiger charge is 1.94. The largest absolute Gasteiger partial charge is 0.481 e. The summed E-state index contributed by atoms with van der Waals surface area (Å²) < 4.78 is 5.19. The molecular formula is C12H10O3. The van der Waals surface area contributed by atoms with Crippen LogP contribution < -0.4 is 4.74 Å². The Bertz CT molecular complexity index is 413. The molecule has 0 aliphatic rings. The van der Waals surface area contributed by atoms with Crippen molar-refractivity contribution in [2.75, 3.05) is 6.61 Å². The summed E-state index contributed by atoms with van der Waals surface area (Å²) >= 11 is 0. The van der Waals surface area contributed by atoms with Crippen LogP contribution in [-0.4, -0.2) is 17.7 Å². The first-order valence-corrected chi connectivity index (χ1v) is 4.29. The fourth-order valence-corrected chi connectivity index (χ4v) is 1.00. The molecule has 1 N–H and O–H groups in total. The lowest BCUT2D eigenvalue weighted by Crippen LogP contribution is -1.93. The van der Waals surface area contributed by atoms with Crippen LogP contribution in [-0.2, 0) is 4.79 Å². The fraction of sp³-hybridized carbons (Fsp3) is 0.0833. The molecular weight excluding hydrogens is 192 g/mol. The standard InChI is InChI=1S/C12H10O3/c1-2-8-15-11-5-3-4-10(9-11)6-7-12(13)14/h1,3-7,9H,8H2,(H,13,14). The number of ether oxygens (including phenoxy) is 1. The van der Waals surface area contributed by atoms with Gasteiger partial charge in [0.1, 0.15) is 12.4 Å².